The monoisotopic (exact) mass is 347 g/mol. The molecule has 0 radical (unpaired) electrons. The van der Waals surface area contributed by atoms with E-state index in [2.05, 4.69) is 0 Å². The molecule has 126 valence electrons. The van der Waals surface area contributed by atoms with Crippen LogP contribution in [0.3, 0.4) is 0 Å². The summed E-state index contributed by atoms with van der Waals surface area (Å²) in [5.41, 5.74) is 0.477. The zero-order valence-corrected chi connectivity index (χ0v) is 13.7. The number of hydrogen-bond donors (Lipinski definition) is 1. The van der Waals surface area contributed by atoms with Crippen LogP contribution >= 0.6 is 11.3 Å². The second-order valence-electron chi connectivity index (χ2n) is 5.34. The van der Waals surface area contributed by atoms with Crippen molar-refractivity contribution in [2.75, 3.05) is 19.7 Å². The molecule has 1 amide bonds. The minimum atomic E-state index is -1.06. The molecular formula is C17H17NO5S. The number of carboxylic acid groups (broad SMARTS) is 1. The van der Waals surface area contributed by atoms with Gasteiger partial charge in [-0.15, -0.1) is 11.3 Å². The van der Waals surface area contributed by atoms with Crippen molar-refractivity contribution in [1.82, 2.24) is 4.90 Å². The lowest BCUT2D eigenvalue weighted by atomic mass is 10.1. The lowest BCUT2D eigenvalue weighted by molar-refractivity contribution is -0.154. The Bertz CT molecular complexity index is 716. The van der Waals surface area contributed by atoms with Crippen LogP contribution < -0.4 is 4.74 Å². The molecule has 6 nitrogen and oxygen atoms in total. The van der Waals surface area contributed by atoms with Gasteiger partial charge in [-0.2, -0.15) is 0 Å². The van der Waals surface area contributed by atoms with Gasteiger partial charge in [-0.25, -0.2) is 4.79 Å². The number of carbonyl (C=O) groups excluding carboxylic acids is 1. The highest BCUT2D eigenvalue weighted by Crippen LogP contribution is 2.19. The highest BCUT2D eigenvalue weighted by molar-refractivity contribution is 7.09. The second kappa shape index (κ2) is 7.46. The first-order valence-electron chi connectivity index (χ1n) is 7.52. The summed E-state index contributed by atoms with van der Waals surface area (Å²) in [6, 6.07) is 10.9. The van der Waals surface area contributed by atoms with Crippen molar-refractivity contribution in [3.63, 3.8) is 0 Å². The van der Waals surface area contributed by atoms with Crippen molar-refractivity contribution in [2.45, 2.75) is 12.7 Å². The number of thiophene rings is 1. The summed E-state index contributed by atoms with van der Waals surface area (Å²) >= 11 is 1.61. The molecule has 1 atom stereocenters. The van der Waals surface area contributed by atoms with E-state index >= 15 is 0 Å². The number of amides is 1. The average Bonchev–Trinajstić information content (AvgIpc) is 3.13. The predicted octanol–water partition coefficient (Wildman–Crippen LogP) is 2.25. The quantitative estimate of drug-likeness (QED) is 0.898. The SMILES string of the molecule is O=C(O)C1CN(C(=O)c2cccc(OCc3cccs3)c2)CCO1. The molecule has 0 spiro atoms. The first-order valence-corrected chi connectivity index (χ1v) is 8.40. The summed E-state index contributed by atoms with van der Waals surface area (Å²) in [7, 11) is 0. The maximum atomic E-state index is 12.6. The minimum Gasteiger partial charge on any atom is -0.488 e. The van der Waals surface area contributed by atoms with Crippen LogP contribution in [0.1, 0.15) is 15.2 Å². The third-order valence-electron chi connectivity index (χ3n) is 3.67. The normalized spacial score (nSPS) is 17.5. The third-order valence-corrected chi connectivity index (χ3v) is 4.52. The van der Waals surface area contributed by atoms with E-state index in [-0.39, 0.29) is 19.1 Å². The number of carboxylic acids is 1. The van der Waals surface area contributed by atoms with Crippen LogP contribution in [-0.2, 0) is 16.1 Å². The number of nitrogens with zero attached hydrogens (tertiary/aromatic N) is 1. The Morgan fingerprint density at radius 3 is 2.96 bits per heavy atom. The largest absolute Gasteiger partial charge is 0.488 e. The van der Waals surface area contributed by atoms with E-state index in [1.807, 2.05) is 17.5 Å². The van der Waals surface area contributed by atoms with Crippen molar-refractivity contribution in [3.05, 3.63) is 52.2 Å². The van der Waals surface area contributed by atoms with Crippen molar-refractivity contribution in [3.8, 4) is 5.75 Å². The number of rotatable bonds is 5. The van der Waals surface area contributed by atoms with E-state index in [0.717, 1.165) is 4.88 Å². The molecule has 2 heterocycles. The Balaban J connectivity index is 1.66. The summed E-state index contributed by atoms with van der Waals surface area (Å²) in [4.78, 5) is 26.2. The molecule has 1 unspecified atom stereocenters. The topological polar surface area (TPSA) is 76.1 Å². The van der Waals surface area contributed by atoms with E-state index < -0.39 is 12.1 Å². The molecule has 3 rings (SSSR count). The molecule has 1 fully saturated rings. The van der Waals surface area contributed by atoms with Gasteiger partial charge in [0.05, 0.1) is 13.2 Å². The Labute approximate surface area is 143 Å². The highest BCUT2D eigenvalue weighted by atomic mass is 32.1. The lowest BCUT2D eigenvalue weighted by Crippen LogP contribution is -2.48. The smallest absolute Gasteiger partial charge is 0.334 e. The molecule has 0 bridgehead atoms. The van der Waals surface area contributed by atoms with E-state index in [1.54, 1.807) is 35.6 Å². The summed E-state index contributed by atoms with van der Waals surface area (Å²) in [6.07, 6.45) is -0.971. The van der Waals surface area contributed by atoms with Crippen LogP contribution in [0.2, 0.25) is 0 Å². The molecule has 24 heavy (non-hydrogen) atoms. The number of morpholine rings is 1. The first kappa shape index (κ1) is 16.5. The summed E-state index contributed by atoms with van der Waals surface area (Å²) in [5.74, 6) is -0.663. The van der Waals surface area contributed by atoms with E-state index in [0.29, 0.717) is 24.5 Å². The maximum Gasteiger partial charge on any atom is 0.334 e. The molecule has 1 aliphatic heterocycles. The number of ether oxygens (including phenoxy) is 2. The Kier molecular flexibility index (Phi) is 5.12. The van der Waals surface area contributed by atoms with Crippen molar-refractivity contribution < 1.29 is 24.2 Å². The van der Waals surface area contributed by atoms with Gasteiger partial charge in [0.25, 0.3) is 5.91 Å². The van der Waals surface area contributed by atoms with E-state index in [9.17, 15) is 9.59 Å². The molecule has 1 saturated heterocycles. The first-order chi connectivity index (χ1) is 11.6. The van der Waals surface area contributed by atoms with Gasteiger partial charge in [-0.1, -0.05) is 12.1 Å². The van der Waals surface area contributed by atoms with Crippen LogP contribution in [0.25, 0.3) is 0 Å². The minimum absolute atomic E-state index is 0.0500. The van der Waals surface area contributed by atoms with Crippen LogP contribution in [-0.4, -0.2) is 47.7 Å². The summed E-state index contributed by atoms with van der Waals surface area (Å²) in [5, 5.41) is 11.0. The summed E-state index contributed by atoms with van der Waals surface area (Å²) in [6.45, 7) is 1.10. The molecule has 7 heteroatoms. The van der Waals surface area contributed by atoms with Crippen molar-refractivity contribution >= 4 is 23.2 Å². The molecule has 1 N–H and O–H groups in total. The average molecular weight is 347 g/mol. The molecule has 1 aromatic carbocycles. The zero-order chi connectivity index (χ0) is 16.9. The fourth-order valence-electron chi connectivity index (χ4n) is 2.43. The number of aliphatic carboxylic acids is 1. The van der Waals surface area contributed by atoms with E-state index in [4.69, 9.17) is 14.6 Å². The van der Waals surface area contributed by atoms with E-state index in [1.165, 1.54) is 4.90 Å². The number of benzene rings is 1. The van der Waals surface area contributed by atoms with Gasteiger partial charge in [0.2, 0.25) is 0 Å². The van der Waals surface area contributed by atoms with Gasteiger partial charge in [-0.3, -0.25) is 4.79 Å². The molecular weight excluding hydrogens is 330 g/mol. The second-order valence-corrected chi connectivity index (χ2v) is 6.38. The standard InChI is InChI=1S/C17H17NO5S/c19-16(18-6-7-22-15(10-18)17(20)21)12-3-1-4-13(9-12)23-11-14-5-2-8-24-14/h1-5,8-9,15H,6-7,10-11H2,(H,20,21). The highest BCUT2D eigenvalue weighted by Gasteiger charge is 2.29. The Morgan fingerprint density at radius 1 is 1.33 bits per heavy atom. The number of hydrogen-bond acceptors (Lipinski definition) is 5. The molecule has 2 aromatic rings. The molecule has 1 aromatic heterocycles. The van der Waals surface area contributed by atoms with Gasteiger partial charge in [0.15, 0.2) is 6.10 Å². The van der Waals surface area contributed by atoms with Crippen LogP contribution in [0.5, 0.6) is 5.75 Å². The van der Waals surface area contributed by atoms with Crippen molar-refractivity contribution in [2.24, 2.45) is 0 Å². The fourth-order valence-corrected chi connectivity index (χ4v) is 3.05. The van der Waals surface area contributed by atoms with Crippen molar-refractivity contribution in [1.29, 1.82) is 0 Å². The Hall–Kier alpha value is -2.38. The van der Waals surface area contributed by atoms with Gasteiger partial charge in [0, 0.05) is 17.0 Å². The predicted molar refractivity (Wildman–Crippen MR) is 88.4 cm³/mol. The van der Waals surface area contributed by atoms with Gasteiger partial charge in [-0.05, 0) is 29.6 Å². The Morgan fingerprint density at radius 2 is 2.21 bits per heavy atom. The lowest BCUT2D eigenvalue weighted by Gasteiger charge is -2.31. The van der Waals surface area contributed by atoms with Gasteiger partial charge in [0.1, 0.15) is 12.4 Å². The number of carbonyl (C=O) groups is 2. The zero-order valence-electron chi connectivity index (χ0n) is 12.9. The van der Waals surface area contributed by atoms with Crippen LogP contribution in [0, 0.1) is 0 Å². The third kappa shape index (κ3) is 3.93. The fraction of sp³-hybridized carbons (Fsp3) is 0.294. The molecule has 0 aliphatic carbocycles. The maximum absolute atomic E-state index is 12.6. The van der Waals surface area contributed by atoms with Crippen LogP contribution in [0.4, 0.5) is 0 Å². The van der Waals surface area contributed by atoms with Gasteiger partial charge < -0.3 is 19.5 Å². The summed E-state index contributed by atoms with van der Waals surface area (Å²) < 4.78 is 10.9. The molecule has 0 saturated carbocycles. The molecule has 1 aliphatic rings. The van der Waals surface area contributed by atoms with Gasteiger partial charge >= 0.3 is 5.97 Å². The van der Waals surface area contributed by atoms with Crippen LogP contribution in [0.15, 0.2) is 41.8 Å².